The average Bonchev–Trinajstić information content (AvgIpc) is 2.15. The molecule has 15 heavy (non-hydrogen) atoms. The molecule has 0 unspecified atom stereocenters. The van der Waals surface area contributed by atoms with Crippen molar-refractivity contribution in [1.82, 2.24) is 5.23 Å². The minimum absolute atomic E-state index is 0. The minimum atomic E-state index is -1.16. The Kier molecular flexibility index (Phi) is 4.82. The number of nitro groups is 2. The van der Waals surface area contributed by atoms with E-state index in [9.17, 15) is 20.2 Å². The summed E-state index contributed by atoms with van der Waals surface area (Å²) in [5, 5.41) is 17.7. The summed E-state index contributed by atoms with van der Waals surface area (Å²) in [5.74, 6) is 0. The van der Waals surface area contributed by atoms with Crippen molar-refractivity contribution < 1.29 is 10.1 Å². The molecule has 1 rings (SSSR count). The van der Waals surface area contributed by atoms with E-state index in [1.165, 1.54) is 12.1 Å². The molecule has 0 saturated heterocycles. The lowest BCUT2D eigenvalue weighted by atomic mass is 10.3. The zero-order chi connectivity index (χ0) is 10.6. The molecule has 8 nitrogen and oxygen atoms in total. The molecule has 0 aromatic heterocycles. The standard InChI is InChI=1S/C6H6N4O4.ClH/c11-9(12)8(10(13)14)7-6-4-2-1-3-5-6;/h1-5,7H;1H. The molecule has 1 aromatic carbocycles. The van der Waals surface area contributed by atoms with Crippen molar-refractivity contribution in [2.24, 2.45) is 0 Å². The predicted octanol–water partition coefficient (Wildman–Crippen LogP) is 1.12. The van der Waals surface area contributed by atoms with Crippen molar-refractivity contribution in [3.63, 3.8) is 0 Å². The van der Waals surface area contributed by atoms with Crippen molar-refractivity contribution in [2.45, 2.75) is 0 Å². The Hall–Kier alpha value is -2.09. The molecule has 1 aromatic rings. The second-order valence-corrected chi connectivity index (χ2v) is 2.24. The van der Waals surface area contributed by atoms with Crippen molar-refractivity contribution in [1.29, 1.82) is 0 Å². The van der Waals surface area contributed by atoms with Gasteiger partial charge in [0.2, 0.25) is 10.1 Å². The fourth-order valence-corrected chi connectivity index (χ4v) is 0.769. The van der Waals surface area contributed by atoms with Crippen LogP contribution < -0.4 is 5.43 Å². The van der Waals surface area contributed by atoms with Gasteiger partial charge in [0.1, 0.15) is 0 Å². The number of para-hydroxylation sites is 1. The molecule has 0 aliphatic carbocycles. The Balaban J connectivity index is 0.00000196. The summed E-state index contributed by atoms with van der Waals surface area (Å²) in [5.41, 5.74) is 2.28. The van der Waals surface area contributed by atoms with Gasteiger partial charge in [0.05, 0.1) is 5.69 Å². The van der Waals surface area contributed by atoms with Crippen LogP contribution >= 0.6 is 12.4 Å². The van der Waals surface area contributed by atoms with Crippen molar-refractivity contribution in [3.8, 4) is 0 Å². The quantitative estimate of drug-likeness (QED) is 0.619. The molecular weight excluding hydrogens is 228 g/mol. The maximum absolute atomic E-state index is 10.2. The molecule has 0 radical (unpaired) electrons. The molecular formula is C6H7ClN4O4. The number of nitrogens with one attached hydrogen (secondary N) is 1. The molecule has 0 aliphatic heterocycles. The van der Waals surface area contributed by atoms with Crippen molar-refractivity contribution in [3.05, 3.63) is 50.6 Å². The van der Waals surface area contributed by atoms with Gasteiger partial charge in [0.15, 0.2) is 0 Å². The molecule has 82 valence electrons. The fourth-order valence-electron chi connectivity index (χ4n) is 0.769. The minimum Gasteiger partial charge on any atom is -0.229 e. The molecule has 0 spiro atoms. The van der Waals surface area contributed by atoms with Crippen molar-refractivity contribution >= 4 is 18.1 Å². The molecule has 0 fully saturated rings. The summed E-state index contributed by atoms with van der Waals surface area (Å²) >= 11 is 0. The average molecular weight is 235 g/mol. The second-order valence-electron chi connectivity index (χ2n) is 2.24. The lowest BCUT2D eigenvalue weighted by molar-refractivity contribution is -0.900. The maximum Gasteiger partial charge on any atom is 0.280 e. The predicted molar refractivity (Wildman–Crippen MR) is 53.1 cm³/mol. The molecule has 0 aliphatic rings. The molecule has 0 saturated carbocycles. The number of hydrazine groups is 3. The Labute approximate surface area is 90.1 Å². The molecule has 0 heterocycles. The van der Waals surface area contributed by atoms with E-state index in [1.54, 1.807) is 18.2 Å². The van der Waals surface area contributed by atoms with Gasteiger partial charge in [-0.2, -0.15) is 5.43 Å². The van der Waals surface area contributed by atoms with Crippen LogP contribution in [0.1, 0.15) is 0 Å². The van der Waals surface area contributed by atoms with Crippen LogP contribution in [0.2, 0.25) is 0 Å². The van der Waals surface area contributed by atoms with Crippen LogP contribution in [0.25, 0.3) is 0 Å². The highest BCUT2D eigenvalue weighted by Gasteiger charge is 2.27. The Morgan fingerprint density at radius 1 is 1.07 bits per heavy atom. The summed E-state index contributed by atoms with van der Waals surface area (Å²) in [7, 11) is 0. The van der Waals surface area contributed by atoms with E-state index >= 15 is 0 Å². The zero-order valence-corrected chi connectivity index (χ0v) is 8.09. The van der Waals surface area contributed by atoms with E-state index in [-0.39, 0.29) is 23.3 Å². The summed E-state index contributed by atoms with van der Waals surface area (Å²) in [6.45, 7) is 0. The van der Waals surface area contributed by atoms with Crippen molar-refractivity contribution in [2.75, 3.05) is 5.43 Å². The number of hydrogen-bond acceptors (Lipinski definition) is 5. The van der Waals surface area contributed by atoms with Crippen LogP contribution in [-0.2, 0) is 0 Å². The monoisotopic (exact) mass is 234 g/mol. The maximum atomic E-state index is 10.2. The van der Waals surface area contributed by atoms with Gasteiger partial charge in [0.25, 0.3) is 5.23 Å². The molecule has 9 heteroatoms. The summed E-state index contributed by atoms with van der Waals surface area (Å²) in [6.07, 6.45) is 0. The van der Waals surface area contributed by atoms with Gasteiger partial charge >= 0.3 is 0 Å². The van der Waals surface area contributed by atoms with E-state index in [0.717, 1.165) is 0 Å². The van der Waals surface area contributed by atoms with Crippen LogP contribution in [0.3, 0.4) is 0 Å². The smallest absolute Gasteiger partial charge is 0.229 e. The second kappa shape index (κ2) is 5.60. The first kappa shape index (κ1) is 12.9. The normalized spacial score (nSPS) is 8.53. The van der Waals surface area contributed by atoms with Gasteiger partial charge < -0.3 is 0 Å². The number of halogens is 1. The van der Waals surface area contributed by atoms with Gasteiger partial charge in [-0.15, -0.1) is 12.4 Å². The van der Waals surface area contributed by atoms with Crippen LogP contribution in [0.5, 0.6) is 0 Å². The number of anilines is 1. The van der Waals surface area contributed by atoms with Gasteiger partial charge in [-0.1, -0.05) is 18.2 Å². The van der Waals surface area contributed by atoms with E-state index in [2.05, 4.69) is 0 Å². The number of rotatable bonds is 4. The van der Waals surface area contributed by atoms with E-state index < -0.39 is 10.1 Å². The van der Waals surface area contributed by atoms with E-state index in [0.29, 0.717) is 0 Å². The van der Waals surface area contributed by atoms with Gasteiger partial charge in [-0.05, 0) is 12.1 Å². The Morgan fingerprint density at radius 3 is 1.93 bits per heavy atom. The van der Waals surface area contributed by atoms with E-state index in [1.807, 2.05) is 5.43 Å². The third-order valence-electron chi connectivity index (χ3n) is 1.31. The number of hydrogen-bond donors (Lipinski definition) is 1. The SMILES string of the molecule is Cl.O=[N+]([O-])N(Nc1ccccc1)[N+](=O)[O-]. The Morgan fingerprint density at radius 2 is 1.53 bits per heavy atom. The first-order valence-electron chi connectivity index (χ1n) is 3.51. The highest BCUT2D eigenvalue weighted by molar-refractivity contribution is 5.85. The largest absolute Gasteiger partial charge is 0.280 e. The molecule has 1 N–H and O–H groups in total. The van der Waals surface area contributed by atoms with E-state index in [4.69, 9.17) is 0 Å². The first-order valence-corrected chi connectivity index (χ1v) is 3.51. The lowest BCUT2D eigenvalue weighted by Gasteiger charge is -2.04. The van der Waals surface area contributed by atoms with Gasteiger partial charge in [0, 0.05) is 0 Å². The summed E-state index contributed by atoms with van der Waals surface area (Å²) < 4.78 is 0. The highest BCUT2D eigenvalue weighted by atomic mass is 35.5. The van der Waals surface area contributed by atoms with Crippen LogP contribution in [-0.4, -0.2) is 15.3 Å². The fraction of sp³-hybridized carbons (Fsp3) is 0. The molecule has 0 atom stereocenters. The number of nitrogens with zero attached hydrogens (tertiary/aromatic N) is 3. The molecule has 0 amide bonds. The lowest BCUT2D eigenvalue weighted by Crippen LogP contribution is -2.40. The van der Waals surface area contributed by atoms with Gasteiger partial charge in [-0.25, -0.2) is 20.2 Å². The third-order valence-corrected chi connectivity index (χ3v) is 1.31. The highest BCUT2D eigenvalue weighted by Crippen LogP contribution is 2.06. The zero-order valence-electron chi connectivity index (χ0n) is 7.27. The molecule has 0 bridgehead atoms. The van der Waals surface area contributed by atoms with Crippen LogP contribution in [0.15, 0.2) is 30.3 Å². The van der Waals surface area contributed by atoms with Crippen LogP contribution in [0.4, 0.5) is 5.69 Å². The van der Waals surface area contributed by atoms with Gasteiger partial charge in [-0.3, -0.25) is 0 Å². The summed E-state index contributed by atoms with van der Waals surface area (Å²) in [6, 6.07) is 7.83. The number of benzene rings is 1. The summed E-state index contributed by atoms with van der Waals surface area (Å²) in [4.78, 5) is 20.3. The Bertz CT molecular complexity index is 332. The topological polar surface area (TPSA) is 102 Å². The van der Waals surface area contributed by atoms with Crippen LogP contribution in [0, 0.1) is 20.2 Å². The third kappa shape index (κ3) is 3.65. The first-order chi connectivity index (χ1) is 6.61.